The standard InChI is InChI=1S/C10H11BrN2O2.C2H6/c1-12-10-7(5-13-6-14)3-8(11)4-9(10)15-2;1-2/h3-6,12H,1-2H3;1-2H3. The molecular formula is C12H17BrN2O2. The lowest BCUT2D eigenvalue weighted by Crippen LogP contribution is -1.99. The summed E-state index contributed by atoms with van der Waals surface area (Å²) in [6.45, 7) is 4.00. The molecule has 1 amide bonds. The summed E-state index contributed by atoms with van der Waals surface area (Å²) in [5.41, 5.74) is 1.59. The Morgan fingerprint density at radius 2 is 2.06 bits per heavy atom. The quantitative estimate of drug-likeness (QED) is 0.687. The number of methoxy groups -OCH3 is 1. The predicted octanol–water partition coefficient (Wildman–Crippen LogP) is 3.10. The molecule has 0 aliphatic carbocycles. The number of hydrogen-bond donors (Lipinski definition) is 1. The van der Waals surface area contributed by atoms with Crippen molar-refractivity contribution in [2.24, 2.45) is 4.99 Å². The molecule has 0 heterocycles. The number of nitrogens with zero attached hydrogens (tertiary/aromatic N) is 1. The van der Waals surface area contributed by atoms with Gasteiger partial charge in [-0.1, -0.05) is 29.8 Å². The third-order valence-electron chi connectivity index (χ3n) is 1.84. The number of carbonyl (C=O) groups is 1. The summed E-state index contributed by atoms with van der Waals surface area (Å²) in [6, 6.07) is 3.69. The Morgan fingerprint density at radius 3 is 2.53 bits per heavy atom. The lowest BCUT2D eigenvalue weighted by Gasteiger charge is -2.11. The summed E-state index contributed by atoms with van der Waals surface area (Å²) >= 11 is 3.35. The Balaban J connectivity index is 0.00000121. The third kappa shape index (κ3) is 4.56. The Bertz CT molecular complexity index is 392. The first-order valence-electron chi connectivity index (χ1n) is 5.25. The highest BCUT2D eigenvalue weighted by atomic mass is 79.9. The molecule has 0 unspecified atom stereocenters. The molecule has 94 valence electrons. The van der Waals surface area contributed by atoms with Crippen LogP contribution in [0.25, 0.3) is 0 Å². The maximum atomic E-state index is 10.2. The number of nitrogens with one attached hydrogen (secondary N) is 1. The number of aliphatic imine (C=N–C) groups is 1. The molecule has 0 spiro atoms. The van der Waals surface area contributed by atoms with Gasteiger partial charge in [0.1, 0.15) is 5.75 Å². The van der Waals surface area contributed by atoms with Crippen LogP contribution >= 0.6 is 15.9 Å². The van der Waals surface area contributed by atoms with Crippen LogP contribution in [0.4, 0.5) is 5.69 Å². The highest BCUT2D eigenvalue weighted by Crippen LogP contribution is 2.31. The number of ether oxygens (including phenoxy) is 1. The van der Waals surface area contributed by atoms with Crippen molar-refractivity contribution < 1.29 is 9.53 Å². The molecule has 0 aliphatic rings. The minimum absolute atomic E-state index is 0.493. The molecule has 5 heteroatoms. The second-order valence-electron chi connectivity index (χ2n) is 2.71. The van der Waals surface area contributed by atoms with Crippen molar-refractivity contribution in [1.29, 1.82) is 0 Å². The van der Waals surface area contributed by atoms with Crippen molar-refractivity contribution in [3.8, 4) is 5.75 Å². The number of rotatable bonds is 4. The van der Waals surface area contributed by atoms with Crippen LogP contribution in [0.5, 0.6) is 5.75 Å². The minimum Gasteiger partial charge on any atom is -0.495 e. The lowest BCUT2D eigenvalue weighted by atomic mass is 10.2. The van der Waals surface area contributed by atoms with Crippen LogP contribution in [-0.4, -0.2) is 26.8 Å². The molecule has 1 aromatic rings. The van der Waals surface area contributed by atoms with Gasteiger partial charge in [-0.15, -0.1) is 0 Å². The minimum atomic E-state index is 0.493. The van der Waals surface area contributed by atoms with Gasteiger partial charge in [-0.2, -0.15) is 0 Å². The van der Waals surface area contributed by atoms with Gasteiger partial charge in [-0.25, -0.2) is 4.99 Å². The van der Waals surface area contributed by atoms with Gasteiger partial charge in [0.05, 0.1) is 12.8 Å². The molecule has 1 rings (SSSR count). The summed E-state index contributed by atoms with van der Waals surface area (Å²) < 4.78 is 6.06. The summed E-state index contributed by atoms with van der Waals surface area (Å²) in [5, 5.41) is 3.00. The van der Waals surface area contributed by atoms with Crippen LogP contribution < -0.4 is 10.1 Å². The van der Waals surface area contributed by atoms with Crippen LogP contribution in [0.3, 0.4) is 0 Å². The zero-order valence-corrected chi connectivity index (χ0v) is 12.0. The van der Waals surface area contributed by atoms with Gasteiger partial charge in [0.25, 0.3) is 0 Å². The fourth-order valence-electron chi connectivity index (χ4n) is 1.24. The molecule has 17 heavy (non-hydrogen) atoms. The summed E-state index contributed by atoms with van der Waals surface area (Å²) in [5.74, 6) is 0.694. The van der Waals surface area contributed by atoms with E-state index in [0.717, 1.165) is 15.7 Å². The molecule has 0 saturated heterocycles. The van der Waals surface area contributed by atoms with Gasteiger partial charge >= 0.3 is 0 Å². The first kappa shape index (κ1) is 15.6. The van der Waals surface area contributed by atoms with Crippen molar-refractivity contribution in [2.75, 3.05) is 19.5 Å². The van der Waals surface area contributed by atoms with E-state index in [4.69, 9.17) is 4.74 Å². The smallest absolute Gasteiger partial charge is 0.232 e. The average Bonchev–Trinajstić information content (AvgIpc) is 2.37. The largest absolute Gasteiger partial charge is 0.495 e. The highest BCUT2D eigenvalue weighted by Gasteiger charge is 2.07. The van der Waals surface area contributed by atoms with Crippen molar-refractivity contribution in [3.05, 3.63) is 22.2 Å². The highest BCUT2D eigenvalue weighted by molar-refractivity contribution is 9.10. The van der Waals surface area contributed by atoms with Gasteiger partial charge < -0.3 is 10.1 Å². The SMILES string of the molecule is CC.CNc1c(C=NC=O)cc(Br)cc1OC. The van der Waals surface area contributed by atoms with Crippen LogP contribution in [0.15, 0.2) is 21.6 Å². The predicted molar refractivity (Wildman–Crippen MR) is 75.2 cm³/mol. The monoisotopic (exact) mass is 300 g/mol. The van der Waals surface area contributed by atoms with Crippen LogP contribution in [-0.2, 0) is 4.79 Å². The van der Waals surface area contributed by atoms with Crippen molar-refractivity contribution >= 4 is 34.2 Å². The Kier molecular flexibility index (Phi) is 8.05. The van der Waals surface area contributed by atoms with E-state index in [9.17, 15) is 4.79 Å². The molecule has 0 aromatic heterocycles. The molecule has 1 N–H and O–H groups in total. The van der Waals surface area contributed by atoms with E-state index in [-0.39, 0.29) is 0 Å². The Hall–Kier alpha value is -1.36. The van der Waals surface area contributed by atoms with Crippen molar-refractivity contribution in [2.45, 2.75) is 13.8 Å². The molecule has 4 nitrogen and oxygen atoms in total. The summed E-state index contributed by atoms with van der Waals surface area (Å²) in [6.07, 6.45) is 1.97. The number of benzene rings is 1. The van der Waals surface area contributed by atoms with Crippen LogP contribution in [0.2, 0.25) is 0 Å². The van der Waals surface area contributed by atoms with Gasteiger partial charge in [-0.3, -0.25) is 4.79 Å². The molecule has 0 bridgehead atoms. The van der Waals surface area contributed by atoms with Crippen LogP contribution in [0, 0.1) is 0 Å². The first-order valence-corrected chi connectivity index (χ1v) is 6.04. The van der Waals surface area contributed by atoms with Gasteiger partial charge in [0.15, 0.2) is 0 Å². The van der Waals surface area contributed by atoms with Gasteiger partial charge in [0.2, 0.25) is 6.41 Å². The number of anilines is 1. The van der Waals surface area contributed by atoms with Crippen LogP contribution in [0.1, 0.15) is 19.4 Å². The van der Waals surface area contributed by atoms with E-state index in [2.05, 4.69) is 26.2 Å². The molecule has 0 atom stereocenters. The fraction of sp³-hybridized carbons (Fsp3) is 0.333. The van der Waals surface area contributed by atoms with E-state index in [1.807, 2.05) is 26.0 Å². The molecule has 1 aromatic carbocycles. The van der Waals surface area contributed by atoms with E-state index in [1.54, 1.807) is 14.2 Å². The number of amides is 1. The molecular weight excluding hydrogens is 284 g/mol. The second kappa shape index (κ2) is 8.75. The lowest BCUT2D eigenvalue weighted by molar-refractivity contribution is -0.106. The third-order valence-corrected chi connectivity index (χ3v) is 2.30. The van der Waals surface area contributed by atoms with Gasteiger partial charge in [0, 0.05) is 23.3 Å². The van der Waals surface area contributed by atoms with E-state index in [0.29, 0.717) is 12.2 Å². The molecule has 0 radical (unpaired) electrons. The topological polar surface area (TPSA) is 50.7 Å². The number of hydrogen-bond acceptors (Lipinski definition) is 3. The van der Waals surface area contributed by atoms with Crippen molar-refractivity contribution in [3.63, 3.8) is 0 Å². The normalized spacial score (nSPS) is 9.47. The van der Waals surface area contributed by atoms with E-state index in [1.165, 1.54) is 6.21 Å². The Morgan fingerprint density at radius 1 is 1.41 bits per heavy atom. The summed E-state index contributed by atoms with van der Waals surface area (Å²) in [7, 11) is 3.37. The van der Waals surface area contributed by atoms with E-state index < -0.39 is 0 Å². The van der Waals surface area contributed by atoms with Crippen molar-refractivity contribution in [1.82, 2.24) is 0 Å². The molecule has 0 aliphatic heterocycles. The second-order valence-corrected chi connectivity index (χ2v) is 3.62. The first-order chi connectivity index (χ1) is 8.22. The molecule has 0 fully saturated rings. The maximum Gasteiger partial charge on any atom is 0.232 e. The zero-order valence-electron chi connectivity index (χ0n) is 10.5. The summed E-state index contributed by atoms with van der Waals surface area (Å²) in [4.78, 5) is 13.7. The fourth-order valence-corrected chi connectivity index (χ4v) is 1.70. The zero-order chi connectivity index (χ0) is 13.3. The van der Waals surface area contributed by atoms with E-state index >= 15 is 0 Å². The average molecular weight is 301 g/mol. The Labute approximate surface area is 110 Å². The maximum absolute atomic E-state index is 10.2. The van der Waals surface area contributed by atoms with Gasteiger partial charge in [-0.05, 0) is 12.1 Å². The number of carbonyl (C=O) groups excluding carboxylic acids is 1. The number of halogens is 1. The molecule has 0 saturated carbocycles.